The van der Waals surface area contributed by atoms with E-state index >= 15 is 0 Å². The van der Waals surface area contributed by atoms with Gasteiger partial charge in [0, 0.05) is 25.2 Å². The molecule has 0 fully saturated rings. The largest absolute Gasteiger partial charge is 0.478 e. The zero-order chi connectivity index (χ0) is 23.3. The van der Waals surface area contributed by atoms with Crippen molar-refractivity contribution in [2.45, 2.75) is 79.9 Å². The number of carboxylic acids is 1. The minimum Gasteiger partial charge on any atom is -0.478 e. The second-order valence-electron chi connectivity index (χ2n) is 10.0. The number of hydrogen-bond acceptors (Lipinski definition) is 4. The third-order valence-corrected chi connectivity index (χ3v) is 4.42. The molecule has 3 amide bonds. The van der Waals surface area contributed by atoms with Crippen LogP contribution in [0.3, 0.4) is 0 Å². The molecule has 29 heavy (non-hydrogen) atoms. The molecule has 0 aromatic rings. The Morgan fingerprint density at radius 1 is 1.00 bits per heavy atom. The van der Waals surface area contributed by atoms with Crippen LogP contribution in [0, 0.1) is 11.3 Å². The molecule has 2 unspecified atom stereocenters. The number of likely N-dealkylation sites (N-methyl/N-ethyl adjacent to an activating group) is 1. The molecule has 8 heteroatoms. The maximum Gasteiger partial charge on any atom is 0.332 e. The third-order valence-electron chi connectivity index (χ3n) is 4.42. The Bertz CT molecular complexity index is 630. The average molecular weight is 413 g/mol. The van der Waals surface area contributed by atoms with E-state index in [-0.39, 0.29) is 22.9 Å². The number of hydrogen-bond donors (Lipinski definition) is 3. The van der Waals surface area contributed by atoms with Gasteiger partial charge in [0.2, 0.25) is 5.91 Å². The topological polar surface area (TPSA) is 102 Å². The van der Waals surface area contributed by atoms with Crippen molar-refractivity contribution in [3.63, 3.8) is 0 Å². The van der Waals surface area contributed by atoms with Gasteiger partial charge in [-0.1, -0.05) is 40.7 Å². The van der Waals surface area contributed by atoms with Crippen molar-refractivity contribution in [3.8, 4) is 0 Å². The first-order valence-electron chi connectivity index (χ1n) is 9.89. The summed E-state index contributed by atoms with van der Waals surface area (Å²) in [5.74, 6) is -1.30. The van der Waals surface area contributed by atoms with Crippen LogP contribution in [0.4, 0.5) is 4.79 Å². The summed E-state index contributed by atoms with van der Waals surface area (Å²) >= 11 is 0. The van der Waals surface area contributed by atoms with Crippen LogP contribution in [-0.2, 0) is 9.59 Å². The van der Waals surface area contributed by atoms with E-state index in [2.05, 4.69) is 10.7 Å². The highest BCUT2D eigenvalue weighted by molar-refractivity contribution is 5.89. The van der Waals surface area contributed by atoms with Crippen molar-refractivity contribution in [2.24, 2.45) is 11.3 Å². The van der Waals surface area contributed by atoms with Crippen LogP contribution in [-0.4, -0.2) is 64.6 Å². The summed E-state index contributed by atoms with van der Waals surface area (Å²) in [5.41, 5.74) is 2.36. The molecule has 0 heterocycles. The summed E-state index contributed by atoms with van der Waals surface area (Å²) < 4.78 is 0. The van der Waals surface area contributed by atoms with Crippen LogP contribution in [0.25, 0.3) is 0 Å². The van der Waals surface area contributed by atoms with Gasteiger partial charge in [-0.2, -0.15) is 0 Å². The first-order valence-corrected chi connectivity index (χ1v) is 9.89. The monoisotopic (exact) mass is 412 g/mol. The SMILES string of the molecule is C/C(=C\C(C(C)C)N(C)C(=O)C(NC(=O)N(C)NC(C)(C)C)C(C)(C)C)C(=O)O. The smallest absolute Gasteiger partial charge is 0.332 e. The second kappa shape index (κ2) is 10.1. The Hall–Kier alpha value is -2.09. The molecule has 8 nitrogen and oxygen atoms in total. The van der Waals surface area contributed by atoms with Crippen LogP contribution >= 0.6 is 0 Å². The first kappa shape index (κ1) is 26.9. The Labute approximate surface area is 175 Å². The van der Waals surface area contributed by atoms with Crippen molar-refractivity contribution in [3.05, 3.63) is 11.6 Å². The van der Waals surface area contributed by atoms with E-state index in [4.69, 9.17) is 0 Å². The minimum atomic E-state index is -1.02. The fourth-order valence-electron chi connectivity index (χ4n) is 2.85. The third kappa shape index (κ3) is 8.85. The number of rotatable bonds is 7. The van der Waals surface area contributed by atoms with E-state index in [1.807, 2.05) is 55.4 Å². The highest BCUT2D eigenvalue weighted by Crippen LogP contribution is 2.24. The molecule has 0 radical (unpaired) electrons. The molecular formula is C21H40N4O4. The van der Waals surface area contributed by atoms with E-state index in [1.165, 1.54) is 16.8 Å². The number of carbonyl (C=O) groups is 3. The number of nitrogens with one attached hydrogen (secondary N) is 2. The van der Waals surface area contributed by atoms with Gasteiger partial charge in [-0.15, -0.1) is 0 Å². The van der Waals surface area contributed by atoms with Gasteiger partial charge in [-0.3, -0.25) is 9.80 Å². The number of urea groups is 1. The minimum absolute atomic E-state index is 0.000184. The number of carboxylic acid groups (broad SMARTS) is 1. The normalized spacial score (nSPS) is 15.0. The summed E-state index contributed by atoms with van der Waals surface area (Å²) in [6, 6.07) is -1.62. The van der Waals surface area contributed by atoms with Crippen LogP contribution in [0.15, 0.2) is 11.6 Å². The fraction of sp³-hybridized carbons (Fsp3) is 0.762. The van der Waals surface area contributed by atoms with Crippen LogP contribution in [0.2, 0.25) is 0 Å². The van der Waals surface area contributed by atoms with Gasteiger partial charge in [-0.05, 0) is 39.0 Å². The van der Waals surface area contributed by atoms with Crippen LogP contribution in [0.5, 0.6) is 0 Å². The number of aliphatic carboxylic acids is 1. The molecule has 0 aromatic heterocycles. The molecule has 0 saturated carbocycles. The molecule has 0 aliphatic carbocycles. The second-order valence-corrected chi connectivity index (χ2v) is 10.0. The zero-order valence-electron chi connectivity index (χ0n) is 19.9. The Kier molecular flexibility index (Phi) is 9.37. The summed E-state index contributed by atoms with van der Waals surface area (Å²) in [7, 11) is 3.24. The van der Waals surface area contributed by atoms with Crippen LogP contribution in [0.1, 0.15) is 62.3 Å². The van der Waals surface area contributed by atoms with Gasteiger partial charge in [0.05, 0.1) is 6.04 Å². The molecule has 0 bridgehead atoms. The van der Waals surface area contributed by atoms with Crippen molar-refractivity contribution >= 4 is 17.9 Å². The molecule has 0 saturated heterocycles. The highest BCUT2D eigenvalue weighted by atomic mass is 16.4. The highest BCUT2D eigenvalue weighted by Gasteiger charge is 2.37. The summed E-state index contributed by atoms with van der Waals surface area (Å²) in [4.78, 5) is 38.7. The Balaban J connectivity index is 5.72. The van der Waals surface area contributed by atoms with E-state index in [0.717, 1.165) is 0 Å². The number of hydrazine groups is 1. The molecule has 168 valence electrons. The standard InChI is InChI=1S/C21H40N4O4/c1-13(2)15(12-14(3)18(27)28)24(10)17(26)16(20(4,5)6)22-19(29)25(11)23-21(7,8)9/h12-13,15-16,23H,1-11H3,(H,22,29)(H,27,28)/b14-12+. The summed E-state index contributed by atoms with van der Waals surface area (Å²) in [6.07, 6.45) is 1.58. The van der Waals surface area contributed by atoms with Crippen molar-refractivity contribution in [2.75, 3.05) is 14.1 Å². The van der Waals surface area contributed by atoms with E-state index < -0.39 is 29.5 Å². The predicted octanol–water partition coefficient (Wildman–Crippen LogP) is 2.86. The zero-order valence-corrected chi connectivity index (χ0v) is 19.9. The Morgan fingerprint density at radius 3 is 1.83 bits per heavy atom. The summed E-state index contributed by atoms with van der Waals surface area (Å²) in [5, 5.41) is 13.4. The van der Waals surface area contributed by atoms with Gasteiger partial charge in [0.15, 0.2) is 0 Å². The maximum atomic E-state index is 13.3. The predicted molar refractivity (Wildman–Crippen MR) is 115 cm³/mol. The van der Waals surface area contributed by atoms with Crippen molar-refractivity contribution in [1.29, 1.82) is 0 Å². The van der Waals surface area contributed by atoms with E-state index in [9.17, 15) is 19.5 Å². The lowest BCUT2D eigenvalue weighted by atomic mass is 9.85. The molecular weight excluding hydrogens is 372 g/mol. The van der Waals surface area contributed by atoms with Crippen molar-refractivity contribution < 1.29 is 19.5 Å². The molecule has 0 rings (SSSR count). The molecule has 3 N–H and O–H groups in total. The number of carbonyl (C=O) groups excluding carboxylic acids is 2. The van der Waals surface area contributed by atoms with E-state index in [1.54, 1.807) is 20.2 Å². The lowest BCUT2D eigenvalue weighted by Gasteiger charge is -2.38. The lowest BCUT2D eigenvalue weighted by Crippen LogP contribution is -2.61. The molecule has 0 aliphatic rings. The first-order chi connectivity index (χ1) is 12.9. The quantitative estimate of drug-likeness (QED) is 0.441. The number of nitrogens with zero attached hydrogens (tertiary/aromatic N) is 2. The average Bonchev–Trinajstić information content (AvgIpc) is 2.52. The molecule has 0 aromatic carbocycles. The van der Waals surface area contributed by atoms with Crippen LogP contribution < -0.4 is 10.7 Å². The fourth-order valence-corrected chi connectivity index (χ4v) is 2.85. The summed E-state index contributed by atoms with van der Waals surface area (Å²) in [6.45, 7) is 16.8. The maximum absolute atomic E-state index is 13.3. The van der Waals surface area contributed by atoms with Crippen molar-refractivity contribution in [1.82, 2.24) is 20.7 Å². The molecule has 2 atom stereocenters. The molecule has 0 aliphatic heterocycles. The van der Waals surface area contributed by atoms with Gasteiger partial charge in [0.1, 0.15) is 6.04 Å². The Morgan fingerprint density at radius 2 is 1.48 bits per heavy atom. The van der Waals surface area contributed by atoms with Gasteiger partial charge < -0.3 is 15.3 Å². The molecule has 0 spiro atoms. The van der Waals surface area contributed by atoms with Gasteiger partial charge in [0.25, 0.3) is 0 Å². The lowest BCUT2D eigenvalue weighted by molar-refractivity contribution is -0.137. The van der Waals surface area contributed by atoms with Gasteiger partial charge in [-0.25, -0.2) is 15.0 Å². The van der Waals surface area contributed by atoms with Gasteiger partial charge >= 0.3 is 12.0 Å². The van der Waals surface area contributed by atoms with E-state index in [0.29, 0.717) is 0 Å². The number of amides is 3.